The number of nitrogens with zero attached hydrogens (tertiary/aromatic N) is 1. The zero-order valence-corrected chi connectivity index (χ0v) is 7.02. The van der Waals surface area contributed by atoms with Gasteiger partial charge in [-0.1, -0.05) is 19.1 Å². The van der Waals surface area contributed by atoms with Crippen molar-refractivity contribution in [2.75, 3.05) is 0 Å². The molecule has 1 heteroatoms. The number of allylic oxidation sites excluding steroid dienone is 2. The first-order valence-electron chi connectivity index (χ1n) is 3.68. The molecule has 0 aliphatic heterocycles. The van der Waals surface area contributed by atoms with Crippen LogP contribution in [0.2, 0.25) is 0 Å². The largest absolute Gasteiger partial charge is 0.198 e. The Hall–Kier alpha value is -0.770. The van der Waals surface area contributed by atoms with Crippen LogP contribution in [0.1, 0.15) is 33.6 Å². The Balaban J connectivity index is 3.70. The van der Waals surface area contributed by atoms with Gasteiger partial charge in [0.05, 0.1) is 11.5 Å². The maximum Gasteiger partial charge on any atom is 0.0687 e. The van der Waals surface area contributed by atoms with Crippen molar-refractivity contribution >= 4 is 0 Å². The minimum atomic E-state index is -0.189. The smallest absolute Gasteiger partial charge is 0.0687 e. The Morgan fingerprint density at radius 2 is 2.00 bits per heavy atom. The highest BCUT2D eigenvalue weighted by Gasteiger charge is 2.12. The van der Waals surface area contributed by atoms with E-state index in [0.29, 0.717) is 0 Å². The molecule has 1 nitrogen and oxygen atoms in total. The van der Waals surface area contributed by atoms with Crippen LogP contribution in [-0.4, -0.2) is 0 Å². The highest BCUT2D eigenvalue weighted by molar-refractivity contribution is 4.98. The molecule has 56 valence electrons. The first-order chi connectivity index (χ1) is 4.62. The zero-order valence-electron chi connectivity index (χ0n) is 7.02. The minimum absolute atomic E-state index is 0.189. The molecule has 0 aromatic heterocycles. The number of hydrogen-bond acceptors (Lipinski definition) is 1. The third-order valence-electron chi connectivity index (χ3n) is 1.33. The predicted octanol–water partition coefficient (Wildman–Crippen LogP) is 2.89. The van der Waals surface area contributed by atoms with Crippen LogP contribution in [0.4, 0.5) is 0 Å². The summed E-state index contributed by atoms with van der Waals surface area (Å²) in [4.78, 5) is 0. The van der Waals surface area contributed by atoms with Gasteiger partial charge in [0.1, 0.15) is 0 Å². The fourth-order valence-corrected chi connectivity index (χ4v) is 0.590. The fraction of sp³-hybridized carbons (Fsp3) is 0.667. The van der Waals surface area contributed by atoms with E-state index in [4.69, 9.17) is 5.26 Å². The fourth-order valence-electron chi connectivity index (χ4n) is 0.590. The normalized spacial score (nSPS) is 11.8. The van der Waals surface area contributed by atoms with Gasteiger partial charge in [-0.15, -0.1) is 0 Å². The third kappa shape index (κ3) is 4.14. The Bertz CT molecular complexity index is 149. The monoisotopic (exact) mass is 137 g/mol. The van der Waals surface area contributed by atoms with E-state index in [1.807, 2.05) is 13.8 Å². The zero-order chi connectivity index (χ0) is 8.04. The van der Waals surface area contributed by atoms with Gasteiger partial charge in [-0.2, -0.15) is 5.26 Å². The van der Waals surface area contributed by atoms with Gasteiger partial charge in [0.2, 0.25) is 0 Å². The molecule has 0 fully saturated rings. The third-order valence-corrected chi connectivity index (χ3v) is 1.33. The van der Waals surface area contributed by atoms with Crippen LogP contribution in [0.5, 0.6) is 0 Å². The second-order valence-corrected chi connectivity index (χ2v) is 3.08. The average Bonchev–Trinajstić information content (AvgIpc) is 1.89. The van der Waals surface area contributed by atoms with Gasteiger partial charge in [0, 0.05) is 0 Å². The van der Waals surface area contributed by atoms with E-state index >= 15 is 0 Å². The highest BCUT2D eigenvalue weighted by Crippen LogP contribution is 2.18. The molecular weight excluding hydrogens is 122 g/mol. The lowest BCUT2D eigenvalue weighted by Gasteiger charge is -2.10. The maximum atomic E-state index is 8.61. The van der Waals surface area contributed by atoms with Crippen molar-refractivity contribution in [3.8, 4) is 6.07 Å². The van der Waals surface area contributed by atoms with Crippen molar-refractivity contribution in [1.82, 2.24) is 0 Å². The minimum Gasteiger partial charge on any atom is -0.198 e. The van der Waals surface area contributed by atoms with Crippen molar-refractivity contribution in [3.63, 3.8) is 0 Å². The first-order valence-corrected chi connectivity index (χ1v) is 3.68. The van der Waals surface area contributed by atoms with Crippen molar-refractivity contribution in [1.29, 1.82) is 5.26 Å². The molecule has 0 radical (unpaired) electrons. The molecule has 0 unspecified atom stereocenters. The van der Waals surface area contributed by atoms with Gasteiger partial charge < -0.3 is 0 Å². The van der Waals surface area contributed by atoms with Crippen LogP contribution < -0.4 is 0 Å². The molecule has 0 aliphatic rings. The molecule has 0 aromatic carbocycles. The molecule has 0 saturated heterocycles. The molecule has 0 spiro atoms. The van der Waals surface area contributed by atoms with Crippen LogP contribution in [0, 0.1) is 16.7 Å². The van der Waals surface area contributed by atoms with Crippen molar-refractivity contribution < 1.29 is 0 Å². The number of rotatable bonds is 3. The van der Waals surface area contributed by atoms with Gasteiger partial charge in [0.25, 0.3) is 0 Å². The summed E-state index contributed by atoms with van der Waals surface area (Å²) in [6, 6.07) is 2.25. The maximum absolute atomic E-state index is 8.61. The lowest BCUT2D eigenvalue weighted by Crippen LogP contribution is -2.04. The van der Waals surface area contributed by atoms with Gasteiger partial charge >= 0.3 is 0 Å². The summed E-state index contributed by atoms with van der Waals surface area (Å²) in [5, 5.41) is 8.61. The summed E-state index contributed by atoms with van der Waals surface area (Å²) < 4.78 is 0. The van der Waals surface area contributed by atoms with Crippen LogP contribution in [0.25, 0.3) is 0 Å². The van der Waals surface area contributed by atoms with Gasteiger partial charge in [0.15, 0.2) is 0 Å². The lowest BCUT2D eigenvalue weighted by molar-refractivity contribution is 0.504. The summed E-state index contributed by atoms with van der Waals surface area (Å²) in [6.07, 6.45) is 6.08. The predicted molar refractivity (Wildman–Crippen MR) is 43.4 cm³/mol. The Kier molecular flexibility index (Phi) is 3.79. The molecule has 0 aliphatic carbocycles. The molecule has 0 rings (SSSR count). The summed E-state index contributed by atoms with van der Waals surface area (Å²) in [5.74, 6) is 0. The van der Waals surface area contributed by atoms with E-state index in [2.05, 4.69) is 25.1 Å². The summed E-state index contributed by atoms with van der Waals surface area (Å²) in [6.45, 7) is 6.00. The molecule has 0 saturated carbocycles. The molecule has 0 N–H and O–H groups in total. The summed E-state index contributed by atoms with van der Waals surface area (Å²) >= 11 is 0. The molecule has 10 heavy (non-hydrogen) atoms. The second-order valence-electron chi connectivity index (χ2n) is 3.08. The van der Waals surface area contributed by atoms with E-state index in [-0.39, 0.29) is 5.41 Å². The van der Waals surface area contributed by atoms with Crippen LogP contribution in [0.15, 0.2) is 12.2 Å². The van der Waals surface area contributed by atoms with Crippen molar-refractivity contribution in [2.45, 2.75) is 33.6 Å². The van der Waals surface area contributed by atoms with Gasteiger partial charge in [-0.3, -0.25) is 0 Å². The quantitative estimate of drug-likeness (QED) is 0.549. The Labute approximate surface area is 63.4 Å². The topological polar surface area (TPSA) is 23.8 Å². The first kappa shape index (κ1) is 9.23. The Morgan fingerprint density at radius 1 is 1.40 bits per heavy atom. The average molecular weight is 137 g/mol. The van der Waals surface area contributed by atoms with Crippen LogP contribution in [-0.2, 0) is 0 Å². The van der Waals surface area contributed by atoms with E-state index in [1.54, 1.807) is 0 Å². The lowest BCUT2D eigenvalue weighted by atomic mass is 9.91. The SMILES string of the molecule is CC/C=C/CC(C)(C)C#N. The molecule has 0 aromatic rings. The highest BCUT2D eigenvalue weighted by atomic mass is 14.3. The van der Waals surface area contributed by atoms with Gasteiger partial charge in [-0.05, 0) is 26.7 Å². The van der Waals surface area contributed by atoms with Gasteiger partial charge in [-0.25, -0.2) is 0 Å². The van der Waals surface area contributed by atoms with Crippen molar-refractivity contribution in [2.24, 2.45) is 5.41 Å². The van der Waals surface area contributed by atoms with E-state index < -0.39 is 0 Å². The van der Waals surface area contributed by atoms with E-state index in [9.17, 15) is 0 Å². The number of nitriles is 1. The molecule has 0 amide bonds. The molecule has 0 bridgehead atoms. The summed E-state index contributed by atoms with van der Waals surface area (Å²) in [5.41, 5.74) is -0.189. The van der Waals surface area contributed by atoms with Crippen molar-refractivity contribution in [3.05, 3.63) is 12.2 Å². The standard InChI is InChI=1S/C9H15N/c1-4-5-6-7-9(2,3)8-10/h5-6H,4,7H2,1-3H3/b6-5+. The summed E-state index contributed by atoms with van der Waals surface area (Å²) in [7, 11) is 0. The van der Waals surface area contributed by atoms with E-state index in [1.165, 1.54) is 0 Å². The van der Waals surface area contributed by atoms with Crippen LogP contribution in [0.3, 0.4) is 0 Å². The van der Waals surface area contributed by atoms with E-state index in [0.717, 1.165) is 12.8 Å². The van der Waals surface area contributed by atoms with Crippen LogP contribution >= 0.6 is 0 Å². The molecule has 0 heterocycles. The number of hydrogen-bond donors (Lipinski definition) is 0. The molecular formula is C9H15N. The second kappa shape index (κ2) is 4.11. The molecule has 0 atom stereocenters. The Morgan fingerprint density at radius 3 is 2.40 bits per heavy atom.